The number of aryl methyl sites for hydroxylation is 3. The van der Waals surface area contributed by atoms with E-state index in [0.717, 1.165) is 24.3 Å². The van der Waals surface area contributed by atoms with Crippen LogP contribution in [-0.4, -0.2) is 25.8 Å². The summed E-state index contributed by atoms with van der Waals surface area (Å²) in [7, 11) is 0. The van der Waals surface area contributed by atoms with Crippen molar-refractivity contribution in [3.63, 3.8) is 0 Å². The highest BCUT2D eigenvalue weighted by Gasteiger charge is 2.16. The van der Waals surface area contributed by atoms with Crippen LogP contribution in [0.25, 0.3) is 10.7 Å². The molecule has 1 aromatic carbocycles. The summed E-state index contributed by atoms with van der Waals surface area (Å²) in [6, 6.07) is 12.1. The average Bonchev–Trinajstić information content (AvgIpc) is 3.12. The van der Waals surface area contributed by atoms with Crippen molar-refractivity contribution in [1.29, 1.82) is 0 Å². The normalized spacial score (nSPS) is 10.8. The van der Waals surface area contributed by atoms with E-state index < -0.39 is 5.97 Å². The third-order valence-electron chi connectivity index (χ3n) is 3.32. The molecule has 3 rings (SSSR count). The second-order valence-electron chi connectivity index (χ2n) is 4.94. The smallest absolute Gasteiger partial charge is 0.347 e. The van der Waals surface area contributed by atoms with Crippen LogP contribution in [0.2, 0.25) is 0 Å². The molecule has 1 N–H and O–H groups in total. The van der Waals surface area contributed by atoms with Crippen LogP contribution in [0.4, 0.5) is 0 Å². The van der Waals surface area contributed by atoms with Gasteiger partial charge in [0.25, 0.3) is 0 Å². The Hall–Kier alpha value is -2.47. The highest BCUT2D eigenvalue weighted by atomic mass is 32.1. The summed E-state index contributed by atoms with van der Waals surface area (Å²) in [5.41, 5.74) is 2.51. The van der Waals surface area contributed by atoms with Crippen molar-refractivity contribution >= 4 is 17.3 Å². The van der Waals surface area contributed by atoms with Crippen LogP contribution < -0.4 is 0 Å². The van der Waals surface area contributed by atoms with Crippen LogP contribution >= 0.6 is 11.3 Å². The molecule has 22 heavy (non-hydrogen) atoms. The van der Waals surface area contributed by atoms with Gasteiger partial charge in [-0.1, -0.05) is 30.3 Å². The van der Waals surface area contributed by atoms with Gasteiger partial charge in [-0.2, -0.15) is 5.10 Å². The van der Waals surface area contributed by atoms with Gasteiger partial charge >= 0.3 is 5.97 Å². The first-order valence-electron chi connectivity index (χ1n) is 6.92. The van der Waals surface area contributed by atoms with Gasteiger partial charge in [0.05, 0.1) is 5.69 Å². The molecular formula is C16H15N3O2S. The van der Waals surface area contributed by atoms with Crippen molar-refractivity contribution in [1.82, 2.24) is 14.8 Å². The minimum atomic E-state index is -0.940. The second kappa shape index (κ2) is 6.11. The lowest BCUT2D eigenvalue weighted by Crippen LogP contribution is -2.01. The van der Waals surface area contributed by atoms with Gasteiger partial charge in [-0.15, -0.1) is 11.3 Å². The van der Waals surface area contributed by atoms with E-state index in [1.807, 2.05) is 35.1 Å². The number of carboxylic acid groups (broad SMARTS) is 1. The van der Waals surface area contributed by atoms with E-state index in [-0.39, 0.29) is 4.88 Å². The number of carboxylic acids is 1. The Bertz CT molecular complexity index is 793. The monoisotopic (exact) mass is 313 g/mol. The second-order valence-corrected chi connectivity index (χ2v) is 5.94. The molecule has 0 saturated heterocycles. The maximum Gasteiger partial charge on any atom is 0.347 e. The highest BCUT2D eigenvalue weighted by molar-refractivity contribution is 7.17. The molecular weight excluding hydrogens is 298 g/mol. The van der Waals surface area contributed by atoms with Crippen molar-refractivity contribution in [2.45, 2.75) is 19.9 Å². The Balaban J connectivity index is 1.73. The number of nitrogens with zero attached hydrogens (tertiary/aromatic N) is 3. The third kappa shape index (κ3) is 3.07. The predicted molar refractivity (Wildman–Crippen MR) is 85.2 cm³/mol. The summed E-state index contributed by atoms with van der Waals surface area (Å²) in [6.07, 6.45) is 2.80. The fourth-order valence-corrected chi connectivity index (χ4v) is 3.06. The van der Waals surface area contributed by atoms with Gasteiger partial charge < -0.3 is 5.11 Å². The van der Waals surface area contributed by atoms with Crippen molar-refractivity contribution in [2.24, 2.45) is 0 Å². The molecule has 0 unspecified atom stereocenters. The zero-order chi connectivity index (χ0) is 15.5. The highest BCUT2D eigenvalue weighted by Crippen LogP contribution is 2.26. The molecule has 0 amide bonds. The molecule has 6 heteroatoms. The van der Waals surface area contributed by atoms with E-state index in [1.54, 1.807) is 6.92 Å². The lowest BCUT2D eigenvalue weighted by Gasteiger charge is -2.01. The SMILES string of the molecule is Cc1nc(-c2ccn(CCc3ccccc3)n2)sc1C(=O)O. The quantitative estimate of drug-likeness (QED) is 0.785. The number of aromatic nitrogens is 3. The first kappa shape index (κ1) is 14.5. The third-order valence-corrected chi connectivity index (χ3v) is 4.49. The Kier molecular flexibility index (Phi) is 4.02. The summed E-state index contributed by atoms with van der Waals surface area (Å²) < 4.78 is 1.86. The lowest BCUT2D eigenvalue weighted by molar-refractivity contribution is 0.0701. The number of benzene rings is 1. The molecule has 0 aliphatic rings. The van der Waals surface area contributed by atoms with Gasteiger partial charge in [-0.3, -0.25) is 4.68 Å². The number of carbonyl (C=O) groups is 1. The van der Waals surface area contributed by atoms with Crippen molar-refractivity contribution < 1.29 is 9.90 Å². The maximum absolute atomic E-state index is 11.1. The van der Waals surface area contributed by atoms with E-state index in [1.165, 1.54) is 5.56 Å². The van der Waals surface area contributed by atoms with Gasteiger partial charge in [0, 0.05) is 12.7 Å². The molecule has 112 valence electrons. The van der Waals surface area contributed by atoms with Gasteiger partial charge in [0.1, 0.15) is 15.6 Å². The van der Waals surface area contributed by atoms with Gasteiger partial charge in [0.2, 0.25) is 0 Å². The predicted octanol–water partition coefficient (Wildman–Crippen LogP) is 3.26. The van der Waals surface area contributed by atoms with E-state index in [9.17, 15) is 4.79 Å². The van der Waals surface area contributed by atoms with E-state index >= 15 is 0 Å². The summed E-state index contributed by atoms with van der Waals surface area (Å²) in [4.78, 5) is 15.6. The van der Waals surface area contributed by atoms with E-state index in [2.05, 4.69) is 22.2 Å². The molecule has 0 spiro atoms. The molecule has 2 aromatic heterocycles. The van der Waals surface area contributed by atoms with Crippen molar-refractivity contribution in [3.8, 4) is 10.7 Å². The van der Waals surface area contributed by atoms with Crippen LogP contribution in [0.15, 0.2) is 42.6 Å². The Morgan fingerprint density at radius 1 is 1.27 bits per heavy atom. The number of thiazole rings is 1. The molecule has 0 aliphatic heterocycles. The average molecular weight is 313 g/mol. The lowest BCUT2D eigenvalue weighted by atomic mass is 10.2. The summed E-state index contributed by atoms with van der Waals surface area (Å²) >= 11 is 1.16. The largest absolute Gasteiger partial charge is 0.477 e. The molecule has 0 aliphatic carbocycles. The fraction of sp³-hybridized carbons (Fsp3) is 0.188. The zero-order valence-corrected chi connectivity index (χ0v) is 12.9. The zero-order valence-electron chi connectivity index (χ0n) is 12.1. The van der Waals surface area contributed by atoms with E-state index in [0.29, 0.717) is 16.4 Å². The van der Waals surface area contributed by atoms with E-state index in [4.69, 9.17) is 5.11 Å². The molecule has 0 atom stereocenters. The molecule has 0 radical (unpaired) electrons. The Morgan fingerprint density at radius 3 is 2.73 bits per heavy atom. The number of hydrogen-bond donors (Lipinski definition) is 1. The summed E-state index contributed by atoms with van der Waals surface area (Å²) in [6.45, 7) is 2.48. The first-order chi connectivity index (χ1) is 10.6. The van der Waals surface area contributed by atoms with Crippen molar-refractivity contribution in [3.05, 3.63) is 58.7 Å². The van der Waals surface area contributed by atoms with Gasteiger partial charge in [-0.25, -0.2) is 9.78 Å². The number of hydrogen-bond acceptors (Lipinski definition) is 4. The standard InChI is InChI=1S/C16H15N3O2S/c1-11-14(16(20)21)22-15(17-11)13-8-10-19(18-13)9-7-12-5-3-2-4-6-12/h2-6,8,10H,7,9H2,1H3,(H,20,21). The molecule has 0 saturated carbocycles. The Morgan fingerprint density at radius 2 is 2.05 bits per heavy atom. The van der Waals surface area contributed by atoms with Crippen LogP contribution in [0, 0.1) is 6.92 Å². The molecule has 5 nitrogen and oxygen atoms in total. The van der Waals surface area contributed by atoms with Gasteiger partial charge in [-0.05, 0) is 25.0 Å². The van der Waals surface area contributed by atoms with Crippen LogP contribution in [0.5, 0.6) is 0 Å². The molecule has 0 bridgehead atoms. The fourth-order valence-electron chi connectivity index (χ4n) is 2.19. The van der Waals surface area contributed by atoms with Crippen LogP contribution in [0.3, 0.4) is 0 Å². The topological polar surface area (TPSA) is 68.0 Å². The summed E-state index contributed by atoms with van der Waals surface area (Å²) in [5, 5.41) is 14.2. The van der Waals surface area contributed by atoms with Crippen LogP contribution in [0.1, 0.15) is 20.9 Å². The molecule has 0 fully saturated rings. The minimum absolute atomic E-state index is 0.272. The number of aromatic carboxylic acids is 1. The molecule has 3 aromatic rings. The molecule has 2 heterocycles. The number of rotatable bonds is 5. The maximum atomic E-state index is 11.1. The Labute approximate surface area is 131 Å². The van der Waals surface area contributed by atoms with Crippen molar-refractivity contribution in [2.75, 3.05) is 0 Å². The first-order valence-corrected chi connectivity index (χ1v) is 7.73. The van der Waals surface area contributed by atoms with Crippen LogP contribution in [-0.2, 0) is 13.0 Å². The minimum Gasteiger partial charge on any atom is -0.477 e. The summed E-state index contributed by atoms with van der Waals surface area (Å²) in [5.74, 6) is -0.940. The van der Waals surface area contributed by atoms with Gasteiger partial charge in [0.15, 0.2) is 0 Å².